The Balaban J connectivity index is 1.97. The van der Waals surface area contributed by atoms with E-state index in [-0.39, 0.29) is 43.7 Å². The van der Waals surface area contributed by atoms with Crippen molar-refractivity contribution in [3.8, 4) is 17.2 Å². The highest BCUT2D eigenvalue weighted by molar-refractivity contribution is 9.10. The third kappa shape index (κ3) is 5.21. The van der Waals surface area contributed by atoms with Gasteiger partial charge in [-0.05, 0) is 66.5 Å². The van der Waals surface area contributed by atoms with Gasteiger partial charge < -0.3 is 24.4 Å². The molecule has 1 saturated heterocycles. The zero-order valence-electron chi connectivity index (χ0n) is 21.5. The van der Waals surface area contributed by atoms with E-state index in [1.165, 1.54) is 19.2 Å². The van der Waals surface area contributed by atoms with Gasteiger partial charge in [0.2, 0.25) is 0 Å². The lowest BCUT2D eigenvalue weighted by atomic mass is 9.95. The molecule has 1 aromatic heterocycles. The molecule has 0 bridgehead atoms. The van der Waals surface area contributed by atoms with Crippen LogP contribution in [0, 0.1) is 6.92 Å². The first kappa shape index (κ1) is 28.1. The minimum atomic E-state index is -1.17. The molecule has 0 radical (unpaired) electrons. The molecule has 0 aliphatic carbocycles. The number of carbonyl (C=O) groups is 3. The summed E-state index contributed by atoms with van der Waals surface area (Å²) in [5.41, 5.74) is 0.710. The maximum atomic E-state index is 13.5. The molecule has 1 atom stereocenters. The van der Waals surface area contributed by atoms with E-state index in [1.807, 2.05) is 6.92 Å². The van der Waals surface area contributed by atoms with Crippen molar-refractivity contribution in [3.05, 3.63) is 68.1 Å². The monoisotopic (exact) mass is 616 g/mol. The number of hydrogen-bond donors (Lipinski definition) is 2. The Morgan fingerprint density at radius 3 is 2.59 bits per heavy atom. The molecule has 10 nitrogen and oxygen atoms in total. The molecule has 4 rings (SSSR count). The van der Waals surface area contributed by atoms with Gasteiger partial charge in [0.25, 0.3) is 5.78 Å². The number of rotatable bonds is 8. The lowest BCUT2D eigenvalue weighted by molar-refractivity contribution is -0.132. The zero-order chi connectivity index (χ0) is 28.4. The van der Waals surface area contributed by atoms with Gasteiger partial charge >= 0.3 is 11.9 Å². The van der Waals surface area contributed by atoms with Gasteiger partial charge in [-0.15, -0.1) is 0 Å². The summed E-state index contributed by atoms with van der Waals surface area (Å²) in [5, 5.41) is 21.9. The number of carbonyl (C=O) groups excluding carboxylic acids is 3. The van der Waals surface area contributed by atoms with Gasteiger partial charge in [-0.3, -0.25) is 14.5 Å². The molecule has 2 heterocycles. The highest BCUT2D eigenvalue weighted by Crippen LogP contribution is 2.47. The zero-order valence-corrected chi connectivity index (χ0v) is 23.9. The van der Waals surface area contributed by atoms with Gasteiger partial charge in [0.15, 0.2) is 16.6 Å². The van der Waals surface area contributed by atoms with E-state index in [9.17, 15) is 24.6 Å². The molecular formula is C27H25BrN2O8S. The number of thiazole rings is 1. The molecular weight excluding hydrogens is 592 g/mol. The number of aromatic hydroxyl groups is 1. The fourth-order valence-electron chi connectivity index (χ4n) is 4.18. The first-order valence-corrected chi connectivity index (χ1v) is 13.5. The molecule has 1 aliphatic heterocycles. The van der Waals surface area contributed by atoms with Crippen LogP contribution in [0.25, 0.3) is 5.76 Å². The van der Waals surface area contributed by atoms with Crippen LogP contribution < -0.4 is 14.4 Å². The van der Waals surface area contributed by atoms with Crippen LogP contribution in [-0.4, -0.2) is 53.2 Å². The normalized spacial score (nSPS) is 16.4. The lowest BCUT2D eigenvalue weighted by Gasteiger charge is -2.24. The van der Waals surface area contributed by atoms with E-state index < -0.39 is 29.5 Å². The standard InChI is InChI=1S/C27H25BrN2O8S/c1-5-37-16-9-7-8-14(10-16)21(31)19-20(15-11-17(28)22(32)18(12-15)36-4)30(25(34)23(19)33)27-29-13(3)24(39-27)26(35)38-6-2/h7-12,20,31-32H,5-6H2,1-4H3/b21-19+. The largest absolute Gasteiger partial charge is 0.507 e. The van der Waals surface area contributed by atoms with Crippen LogP contribution in [-0.2, 0) is 14.3 Å². The van der Waals surface area contributed by atoms with E-state index in [0.29, 0.717) is 23.6 Å². The average Bonchev–Trinajstić information content (AvgIpc) is 3.42. The van der Waals surface area contributed by atoms with Crippen molar-refractivity contribution >= 4 is 55.8 Å². The van der Waals surface area contributed by atoms with Crippen molar-refractivity contribution in [1.82, 2.24) is 4.98 Å². The Morgan fingerprint density at radius 2 is 1.92 bits per heavy atom. The van der Waals surface area contributed by atoms with Gasteiger partial charge in [-0.2, -0.15) is 0 Å². The summed E-state index contributed by atoms with van der Waals surface area (Å²) >= 11 is 4.18. The fourth-order valence-corrected chi connectivity index (χ4v) is 5.63. The van der Waals surface area contributed by atoms with Crippen molar-refractivity contribution in [2.45, 2.75) is 26.8 Å². The topological polar surface area (TPSA) is 135 Å². The van der Waals surface area contributed by atoms with Crippen LogP contribution >= 0.6 is 27.3 Å². The van der Waals surface area contributed by atoms with Crippen molar-refractivity contribution in [2.75, 3.05) is 25.2 Å². The van der Waals surface area contributed by atoms with Crippen molar-refractivity contribution in [2.24, 2.45) is 0 Å². The van der Waals surface area contributed by atoms with Gasteiger partial charge in [-0.1, -0.05) is 23.5 Å². The SMILES string of the molecule is CCOC(=O)c1sc(N2C(=O)C(=O)/C(=C(/O)c3cccc(OCC)c3)C2c2cc(Br)c(O)c(OC)c2)nc1C. The highest BCUT2D eigenvalue weighted by atomic mass is 79.9. The molecule has 0 saturated carbocycles. The number of methoxy groups -OCH3 is 1. The van der Waals surface area contributed by atoms with Crippen LogP contribution in [0.15, 0.2) is 46.4 Å². The van der Waals surface area contributed by atoms with Crippen LogP contribution in [0.4, 0.5) is 5.13 Å². The molecule has 204 valence electrons. The summed E-state index contributed by atoms with van der Waals surface area (Å²) in [5.74, 6) is -2.57. The van der Waals surface area contributed by atoms with E-state index >= 15 is 0 Å². The van der Waals surface area contributed by atoms with E-state index in [4.69, 9.17) is 14.2 Å². The first-order chi connectivity index (χ1) is 18.6. The lowest BCUT2D eigenvalue weighted by Crippen LogP contribution is -2.29. The Morgan fingerprint density at radius 1 is 1.18 bits per heavy atom. The number of nitrogens with zero attached hydrogens (tertiary/aromatic N) is 2. The van der Waals surface area contributed by atoms with Crippen LogP contribution in [0.1, 0.15) is 46.4 Å². The van der Waals surface area contributed by atoms with Crippen molar-refractivity contribution < 1.29 is 38.8 Å². The minimum absolute atomic E-state index is 0.0629. The summed E-state index contributed by atoms with van der Waals surface area (Å²) < 4.78 is 16.2. The van der Waals surface area contributed by atoms with Crippen LogP contribution in [0.3, 0.4) is 0 Å². The molecule has 1 amide bonds. The Hall–Kier alpha value is -3.90. The Bertz CT molecular complexity index is 1500. The molecule has 1 unspecified atom stereocenters. The number of Topliss-reactive ketones (excluding diaryl/α,β-unsaturated/α-hetero) is 1. The van der Waals surface area contributed by atoms with E-state index in [1.54, 1.807) is 38.1 Å². The maximum absolute atomic E-state index is 13.5. The number of ketones is 1. The summed E-state index contributed by atoms with van der Waals surface area (Å²) in [6.45, 7) is 5.62. The molecule has 2 aromatic carbocycles. The van der Waals surface area contributed by atoms with Crippen LogP contribution in [0.5, 0.6) is 17.2 Å². The fraction of sp³-hybridized carbons (Fsp3) is 0.259. The number of anilines is 1. The number of aliphatic hydroxyl groups excluding tert-OH is 1. The second kappa shape index (κ2) is 11.5. The maximum Gasteiger partial charge on any atom is 0.350 e. The number of hydrogen-bond acceptors (Lipinski definition) is 10. The quantitative estimate of drug-likeness (QED) is 0.153. The summed E-state index contributed by atoms with van der Waals surface area (Å²) in [7, 11) is 1.36. The Kier molecular flexibility index (Phi) is 8.26. The van der Waals surface area contributed by atoms with Crippen molar-refractivity contribution in [1.29, 1.82) is 0 Å². The van der Waals surface area contributed by atoms with Gasteiger partial charge in [0.1, 0.15) is 16.4 Å². The first-order valence-electron chi connectivity index (χ1n) is 11.9. The minimum Gasteiger partial charge on any atom is -0.507 e. The number of aliphatic hydroxyl groups is 1. The number of benzene rings is 2. The predicted octanol–water partition coefficient (Wildman–Crippen LogP) is 5.13. The average molecular weight is 617 g/mol. The number of phenolic OH excluding ortho intramolecular Hbond substituents is 1. The summed E-state index contributed by atoms with van der Waals surface area (Å²) in [6, 6.07) is 8.30. The molecule has 3 aromatic rings. The van der Waals surface area contributed by atoms with Gasteiger partial charge in [0.05, 0.1) is 42.1 Å². The number of esters is 1. The molecule has 39 heavy (non-hydrogen) atoms. The molecule has 12 heteroatoms. The number of halogens is 1. The summed E-state index contributed by atoms with van der Waals surface area (Å²) in [6.07, 6.45) is 0. The van der Waals surface area contributed by atoms with Gasteiger partial charge in [-0.25, -0.2) is 9.78 Å². The third-order valence-corrected chi connectivity index (χ3v) is 7.64. The smallest absolute Gasteiger partial charge is 0.350 e. The second-order valence-corrected chi connectivity index (χ2v) is 10.1. The van der Waals surface area contributed by atoms with Gasteiger partial charge in [0, 0.05) is 5.56 Å². The van der Waals surface area contributed by atoms with Crippen LogP contribution in [0.2, 0.25) is 0 Å². The predicted molar refractivity (Wildman–Crippen MR) is 148 cm³/mol. The Labute approximate surface area is 236 Å². The van der Waals surface area contributed by atoms with Crippen molar-refractivity contribution in [3.63, 3.8) is 0 Å². The van der Waals surface area contributed by atoms with E-state index in [0.717, 1.165) is 16.2 Å². The number of phenols is 1. The molecule has 1 fully saturated rings. The molecule has 2 N–H and O–H groups in total. The number of aryl methyl sites for hydroxylation is 1. The number of ether oxygens (including phenoxy) is 3. The molecule has 1 aliphatic rings. The number of aromatic nitrogens is 1. The summed E-state index contributed by atoms with van der Waals surface area (Å²) in [4.78, 5) is 45.1. The number of amides is 1. The molecule has 0 spiro atoms. The van der Waals surface area contributed by atoms with E-state index in [2.05, 4.69) is 20.9 Å². The highest BCUT2D eigenvalue weighted by Gasteiger charge is 2.49. The second-order valence-electron chi connectivity index (χ2n) is 8.31. The third-order valence-electron chi connectivity index (χ3n) is 5.90.